The van der Waals surface area contributed by atoms with Crippen LogP contribution in [0.15, 0.2) is 30.3 Å². The number of aromatic hydroxyl groups is 3. The molecule has 0 radical (unpaired) electrons. The number of hydrogen-bond acceptors (Lipinski definition) is 6. The molecule has 1 aliphatic heterocycles. The lowest BCUT2D eigenvalue weighted by molar-refractivity contribution is 0.244. The highest BCUT2D eigenvalue weighted by Gasteiger charge is 2.25. The molecule has 0 fully saturated rings. The van der Waals surface area contributed by atoms with E-state index in [2.05, 4.69) is 15.1 Å². The van der Waals surface area contributed by atoms with Gasteiger partial charge in [0.15, 0.2) is 11.5 Å². The molecule has 2 aromatic carbocycles. The SMILES string of the molecule is COc1ccc(CN2CCc3[nH]nc(-c4cc(Cl)c(O)cc4O)c3C2)cc1O. The second kappa shape index (κ2) is 7.26. The maximum Gasteiger partial charge on any atom is 0.160 e. The number of ether oxygens (including phenoxy) is 1. The van der Waals surface area contributed by atoms with Gasteiger partial charge in [-0.25, -0.2) is 0 Å². The topological polar surface area (TPSA) is 102 Å². The molecule has 0 saturated heterocycles. The highest BCUT2D eigenvalue weighted by atomic mass is 35.5. The van der Waals surface area contributed by atoms with Crippen LogP contribution in [0.25, 0.3) is 11.3 Å². The number of nitrogens with one attached hydrogen (secondary N) is 1. The number of fused-ring (bicyclic) bond motifs is 1. The van der Waals surface area contributed by atoms with Crippen molar-refractivity contribution in [2.45, 2.75) is 19.5 Å². The number of halogens is 1. The first-order chi connectivity index (χ1) is 13.5. The summed E-state index contributed by atoms with van der Waals surface area (Å²) < 4.78 is 5.09. The van der Waals surface area contributed by atoms with Crippen LogP contribution in [0.5, 0.6) is 23.0 Å². The van der Waals surface area contributed by atoms with Crippen LogP contribution in [0.1, 0.15) is 16.8 Å². The summed E-state index contributed by atoms with van der Waals surface area (Å²) in [6.45, 7) is 2.12. The Kier molecular flexibility index (Phi) is 4.78. The van der Waals surface area contributed by atoms with Crippen LogP contribution >= 0.6 is 11.6 Å². The van der Waals surface area contributed by atoms with Crippen LogP contribution < -0.4 is 4.74 Å². The van der Waals surface area contributed by atoms with Gasteiger partial charge in [-0.2, -0.15) is 5.10 Å². The highest BCUT2D eigenvalue weighted by molar-refractivity contribution is 6.32. The Morgan fingerprint density at radius 2 is 1.96 bits per heavy atom. The van der Waals surface area contributed by atoms with E-state index in [4.69, 9.17) is 16.3 Å². The van der Waals surface area contributed by atoms with E-state index in [1.165, 1.54) is 19.2 Å². The van der Waals surface area contributed by atoms with Crippen molar-refractivity contribution >= 4 is 11.6 Å². The summed E-state index contributed by atoms with van der Waals surface area (Å²) in [7, 11) is 1.52. The first-order valence-electron chi connectivity index (χ1n) is 8.82. The van der Waals surface area contributed by atoms with Crippen LogP contribution in [0.4, 0.5) is 0 Å². The van der Waals surface area contributed by atoms with Crippen LogP contribution in [-0.2, 0) is 19.5 Å². The average molecular weight is 402 g/mol. The monoisotopic (exact) mass is 401 g/mol. The molecule has 4 rings (SSSR count). The predicted molar refractivity (Wildman–Crippen MR) is 105 cm³/mol. The minimum atomic E-state index is -0.173. The van der Waals surface area contributed by atoms with E-state index in [1.807, 2.05) is 6.07 Å². The van der Waals surface area contributed by atoms with Crippen molar-refractivity contribution in [1.82, 2.24) is 15.1 Å². The van der Waals surface area contributed by atoms with Gasteiger partial charge in [0.1, 0.15) is 17.2 Å². The van der Waals surface area contributed by atoms with Crippen molar-refractivity contribution in [3.05, 3.63) is 52.2 Å². The molecule has 0 bridgehead atoms. The number of nitrogens with zero attached hydrogens (tertiary/aromatic N) is 2. The summed E-state index contributed by atoms with van der Waals surface area (Å²) in [5.41, 5.74) is 4.08. The summed E-state index contributed by atoms with van der Waals surface area (Å²) >= 11 is 6.02. The Morgan fingerprint density at radius 1 is 1.14 bits per heavy atom. The zero-order valence-electron chi connectivity index (χ0n) is 15.2. The van der Waals surface area contributed by atoms with E-state index in [9.17, 15) is 15.3 Å². The Morgan fingerprint density at radius 3 is 2.71 bits per heavy atom. The molecule has 0 unspecified atom stereocenters. The van der Waals surface area contributed by atoms with Gasteiger partial charge in [-0.3, -0.25) is 10.00 Å². The number of benzene rings is 2. The molecule has 0 spiro atoms. The van der Waals surface area contributed by atoms with E-state index < -0.39 is 0 Å². The number of phenolic OH excluding ortho intramolecular Hbond substituents is 3. The average Bonchev–Trinajstić information content (AvgIpc) is 3.08. The number of rotatable bonds is 4. The number of H-pyrrole nitrogens is 1. The lowest BCUT2D eigenvalue weighted by Crippen LogP contribution is -2.30. The normalized spacial score (nSPS) is 14.1. The number of aromatic amines is 1. The van der Waals surface area contributed by atoms with Crippen LogP contribution in [0, 0.1) is 0 Å². The Bertz CT molecular complexity index is 1030. The molecule has 3 aromatic rings. The molecule has 0 atom stereocenters. The van der Waals surface area contributed by atoms with E-state index in [-0.39, 0.29) is 22.3 Å². The van der Waals surface area contributed by atoms with Crippen molar-refractivity contribution < 1.29 is 20.1 Å². The fourth-order valence-electron chi connectivity index (χ4n) is 3.54. The zero-order valence-corrected chi connectivity index (χ0v) is 16.0. The number of phenols is 3. The fourth-order valence-corrected chi connectivity index (χ4v) is 3.70. The molecule has 28 heavy (non-hydrogen) atoms. The first-order valence-corrected chi connectivity index (χ1v) is 9.20. The smallest absolute Gasteiger partial charge is 0.160 e. The van der Waals surface area contributed by atoms with Gasteiger partial charge >= 0.3 is 0 Å². The van der Waals surface area contributed by atoms with Crippen molar-refractivity contribution in [1.29, 1.82) is 0 Å². The molecular formula is C20H20ClN3O4. The molecule has 0 amide bonds. The summed E-state index contributed by atoms with van der Waals surface area (Å²) in [5, 5.41) is 37.5. The molecule has 0 aliphatic carbocycles. The zero-order chi connectivity index (χ0) is 19.8. The van der Waals surface area contributed by atoms with Crippen molar-refractivity contribution in [3.63, 3.8) is 0 Å². The third-order valence-corrected chi connectivity index (χ3v) is 5.28. The maximum atomic E-state index is 10.2. The number of methoxy groups -OCH3 is 1. The van der Waals surface area contributed by atoms with Crippen molar-refractivity contribution in [3.8, 4) is 34.3 Å². The Balaban J connectivity index is 1.60. The van der Waals surface area contributed by atoms with Crippen LogP contribution in [0.2, 0.25) is 5.02 Å². The lowest BCUT2D eigenvalue weighted by Gasteiger charge is -2.27. The van der Waals surface area contributed by atoms with E-state index in [0.717, 1.165) is 29.8 Å². The number of hydrogen-bond donors (Lipinski definition) is 4. The van der Waals surface area contributed by atoms with E-state index in [1.54, 1.807) is 12.1 Å². The second-order valence-electron chi connectivity index (χ2n) is 6.82. The van der Waals surface area contributed by atoms with Gasteiger partial charge in [-0.15, -0.1) is 0 Å². The maximum absolute atomic E-state index is 10.2. The molecule has 1 aliphatic rings. The van der Waals surface area contributed by atoms with Crippen LogP contribution in [0.3, 0.4) is 0 Å². The molecular weight excluding hydrogens is 382 g/mol. The van der Waals surface area contributed by atoms with Gasteiger partial charge in [0.05, 0.1) is 12.1 Å². The minimum Gasteiger partial charge on any atom is -0.507 e. The molecule has 1 aromatic heterocycles. The standard InChI is InChI=1S/C20H20ClN3O4/c1-28-19-3-2-11(6-18(19)27)9-24-5-4-15-13(10-24)20(23-22-15)12-7-14(21)17(26)8-16(12)25/h2-3,6-8,25-27H,4-5,9-10H2,1H3,(H,22,23). The quantitative estimate of drug-likeness (QED) is 0.534. The third-order valence-electron chi connectivity index (χ3n) is 4.98. The Hall–Kier alpha value is -2.90. The molecule has 4 N–H and O–H groups in total. The number of aromatic nitrogens is 2. The molecule has 146 valence electrons. The Labute approximate surface area is 166 Å². The van der Waals surface area contributed by atoms with Crippen molar-refractivity contribution in [2.24, 2.45) is 0 Å². The summed E-state index contributed by atoms with van der Waals surface area (Å²) in [6.07, 6.45) is 0.789. The molecule has 0 saturated carbocycles. The third kappa shape index (κ3) is 3.34. The first kappa shape index (κ1) is 18.5. The lowest BCUT2D eigenvalue weighted by atomic mass is 9.99. The summed E-state index contributed by atoms with van der Waals surface area (Å²) in [6, 6.07) is 8.12. The minimum absolute atomic E-state index is 0.0756. The summed E-state index contributed by atoms with van der Waals surface area (Å²) in [4.78, 5) is 2.24. The highest BCUT2D eigenvalue weighted by Crippen LogP contribution is 2.39. The van der Waals surface area contributed by atoms with Crippen molar-refractivity contribution in [2.75, 3.05) is 13.7 Å². The predicted octanol–water partition coefficient (Wildman–Crippen LogP) is 3.41. The molecule has 2 heterocycles. The fraction of sp³-hybridized carbons (Fsp3) is 0.250. The summed E-state index contributed by atoms with van der Waals surface area (Å²) in [5.74, 6) is 0.313. The van der Waals surface area contributed by atoms with Gasteiger partial charge in [0.25, 0.3) is 0 Å². The molecule has 8 heteroatoms. The molecule has 7 nitrogen and oxygen atoms in total. The van der Waals surface area contributed by atoms with Gasteiger partial charge < -0.3 is 20.1 Å². The van der Waals surface area contributed by atoms with E-state index >= 15 is 0 Å². The van der Waals surface area contributed by atoms with Gasteiger partial charge in [-0.1, -0.05) is 17.7 Å². The van der Waals surface area contributed by atoms with E-state index in [0.29, 0.717) is 30.1 Å². The van der Waals surface area contributed by atoms with Gasteiger partial charge in [0, 0.05) is 48.9 Å². The van der Waals surface area contributed by atoms with Gasteiger partial charge in [-0.05, 0) is 23.8 Å². The van der Waals surface area contributed by atoms with Crippen LogP contribution in [-0.4, -0.2) is 44.1 Å². The van der Waals surface area contributed by atoms with Gasteiger partial charge in [0.2, 0.25) is 0 Å². The largest absolute Gasteiger partial charge is 0.507 e. The second-order valence-corrected chi connectivity index (χ2v) is 7.22.